The van der Waals surface area contributed by atoms with Gasteiger partial charge in [-0.05, 0) is 133 Å². The number of nitrogens with zero attached hydrogens (tertiary/aromatic N) is 5. The molecule has 11 heteroatoms. The maximum atomic E-state index is 13.5. The summed E-state index contributed by atoms with van der Waals surface area (Å²) >= 11 is 0. The highest BCUT2D eigenvalue weighted by atomic mass is 16.5. The molecule has 61 heavy (non-hydrogen) atoms. The Bertz CT molecular complexity index is 2710. The highest BCUT2D eigenvalue weighted by Gasteiger charge is 2.20. The van der Waals surface area contributed by atoms with E-state index in [-0.39, 0.29) is 11.8 Å². The molecule has 2 N–H and O–H groups in total. The molecule has 0 unspecified atom stereocenters. The number of pyridine rings is 2. The van der Waals surface area contributed by atoms with Crippen molar-refractivity contribution in [2.45, 2.75) is 19.5 Å². The predicted octanol–water partition coefficient (Wildman–Crippen LogP) is 9.34. The van der Waals surface area contributed by atoms with Gasteiger partial charge in [-0.1, -0.05) is 48.5 Å². The number of carbonyl (C=O) groups is 2. The molecule has 11 nitrogen and oxygen atoms in total. The van der Waals surface area contributed by atoms with Gasteiger partial charge in [0, 0.05) is 73.3 Å². The molecule has 0 aliphatic rings. The lowest BCUT2D eigenvalue weighted by atomic mass is 10.1. The molecule has 0 saturated heterocycles. The summed E-state index contributed by atoms with van der Waals surface area (Å²) in [6.45, 7) is 2.63. The van der Waals surface area contributed by atoms with Crippen LogP contribution in [-0.2, 0) is 13.1 Å². The number of nitrogens with one attached hydrogen (secondary N) is 2. The molecule has 4 heterocycles. The number of ether oxygens (including phenoxy) is 2. The van der Waals surface area contributed by atoms with Crippen LogP contribution in [-0.4, -0.2) is 94.9 Å². The molecule has 0 aliphatic carbocycles. The van der Waals surface area contributed by atoms with Crippen molar-refractivity contribution in [3.8, 4) is 33.8 Å². The van der Waals surface area contributed by atoms with Crippen molar-refractivity contribution in [3.63, 3.8) is 0 Å². The standard InChI is InChI=1S/C27H30N4O2.C23H21N3O2/c1-30(2)14-5-15-31(19-20-6-4-7-24(16-20)33-3)27(32)26-18-23-9-8-22(17-25(23)29-26)21-10-12-28-13-11-21;1-26(15-16-4-3-5-20(12-16)28-2)23(27)22-14-19-7-6-18(13-21(19)25-22)17-8-10-24-11-9-17/h4,6-13,16-18,29H,5,14-15,19H2,1-3H3;3-14,25H,15H2,1-2H3. The molecule has 0 fully saturated rings. The van der Waals surface area contributed by atoms with E-state index in [4.69, 9.17) is 9.47 Å². The third-order valence-corrected chi connectivity index (χ3v) is 10.5. The van der Waals surface area contributed by atoms with Crippen LogP contribution in [0.2, 0.25) is 0 Å². The van der Waals surface area contributed by atoms with Crippen molar-refractivity contribution in [1.82, 2.24) is 34.6 Å². The van der Waals surface area contributed by atoms with Gasteiger partial charge in [0.05, 0.1) is 14.2 Å². The number of rotatable bonds is 14. The Morgan fingerprint density at radius 3 is 1.52 bits per heavy atom. The molecule has 0 atom stereocenters. The van der Waals surface area contributed by atoms with Gasteiger partial charge in [-0.15, -0.1) is 0 Å². The van der Waals surface area contributed by atoms with E-state index in [1.54, 1.807) is 51.0 Å². The third-order valence-electron chi connectivity index (χ3n) is 10.5. The van der Waals surface area contributed by atoms with Gasteiger partial charge in [-0.2, -0.15) is 0 Å². The Morgan fingerprint density at radius 1 is 0.541 bits per heavy atom. The quantitative estimate of drug-likeness (QED) is 0.112. The molecular formula is C50H51N7O4. The zero-order valence-corrected chi connectivity index (χ0v) is 35.3. The minimum atomic E-state index is -0.0514. The third kappa shape index (κ3) is 10.7. The fraction of sp³-hybridized carbons (Fsp3) is 0.200. The summed E-state index contributed by atoms with van der Waals surface area (Å²) in [6, 6.07) is 39.7. The SMILES string of the molecule is COc1cccc(CN(C)C(=O)c2cc3ccc(-c4ccncc4)cc3[nH]2)c1.COc1cccc(CN(CCCN(C)C)C(=O)c2cc3ccc(-c4ccncc4)cc3[nH]2)c1. The van der Waals surface area contributed by atoms with Crippen molar-refractivity contribution < 1.29 is 19.1 Å². The number of benzene rings is 4. The van der Waals surface area contributed by atoms with Gasteiger partial charge >= 0.3 is 0 Å². The first-order chi connectivity index (χ1) is 29.7. The number of methoxy groups -OCH3 is 2. The van der Waals surface area contributed by atoms with Crippen LogP contribution in [0.3, 0.4) is 0 Å². The summed E-state index contributed by atoms with van der Waals surface area (Å²) in [5.41, 5.74) is 9.49. The lowest BCUT2D eigenvalue weighted by molar-refractivity contribution is 0.0731. The zero-order chi connectivity index (χ0) is 42.7. The van der Waals surface area contributed by atoms with E-state index in [1.807, 2.05) is 110 Å². The molecule has 8 rings (SSSR count). The van der Waals surface area contributed by atoms with Crippen molar-refractivity contribution in [1.29, 1.82) is 0 Å². The van der Waals surface area contributed by atoms with Crippen LogP contribution in [0.15, 0.2) is 146 Å². The second-order valence-electron chi connectivity index (χ2n) is 15.2. The van der Waals surface area contributed by atoms with Crippen LogP contribution >= 0.6 is 0 Å². The van der Waals surface area contributed by atoms with E-state index < -0.39 is 0 Å². The fourth-order valence-corrected chi connectivity index (χ4v) is 7.25. The Balaban J connectivity index is 0.000000186. The molecule has 4 aromatic carbocycles. The number of aromatic amines is 2. The zero-order valence-electron chi connectivity index (χ0n) is 35.3. The summed E-state index contributed by atoms with van der Waals surface area (Å²) < 4.78 is 10.6. The van der Waals surface area contributed by atoms with Crippen molar-refractivity contribution in [3.05, 3.63) is 169 Å². The summed E-state index contributed by atoms with van der Waals surface area (Å²) in [5, 5.41) is 2.03. The first kappa shape index (κ1) is 41.9. The average molecular weight is 814 g/mol. The van der Waals surface area contributed by atoms with Gasteiger partial charge in [0.1, 0.15) is 22.9 Å². The Morgan fingerprint density at radius 2 is 1.03 bits per heavy atom. The largest absolute Gasteiger partial charge is 0.497 e. The first-order valence-electron chi connectivity index (χ1n) is 20.2. The highest BCUT2D eigenvalue weighted by Crippen LogP contribution is 2.27. The van der Waals surface area contributed by atoms with Crippen LogP contribution in [0.1, 0.15) is 38.5 Å². The summed E-state index contributed by atoms with van der Waals surface area (Å²) in [4.78, 5) is 46.9. The van der Waals surface area contributed by atoms with Gasteiger partial charge < -0.3 is 34.1 Å². The topological polar surface area (TPSA) is 120 Å². The van der Waals surface area contributed by atoms with Crippen LogP contribution in [0.25, 0.3) is 44.1 Å². The Hall–Kier alpha value is -7.24. The summed E-state index contributed by atoms with van der Waals surface area (Å²) in [7, 11) is 9.19. The number of fused-ring (bicyclic) bond motifs is 2. The maximum absolute atomic E-state index is 13.5. The van der Waals surface area contributed by atoms with Gasteiger partial charge in [0.2, 0.25) is 0 Å². The second kappa shape index (κ2) is 19.7. The molecule has 0 saturated carbocycles. The maximum Gasteiger partial charge on any atom is 0.270 e. The molecule has 0 aliphatic heterocycles. The minimum Gasteiger partial charge on any atom is -0.497 e. The molecule has 0 radical (unpaired) electrons. The monoisotopic (exact) mass is 813 g/mol. The van der Waals surface area contributed by atoms with E-state index >= 15 is 0 Å². The number of amides is 2. The fourth-order valence-electron chi connectivity index (χ4n) is 7.25. The number of hydrogen-bond donors (Lipinski definition) is 2. The van der Waals surface area contributed by atoms with Crippen LogP contribution in [0, 0.1) is 0 Å². The summed E-state index contributed by atoms with van der Waals surface area (Å²) in [5.74, 6) is 1.53. The lowest BCUT2D eigenvalue weighted by Gasteiger charge is -2.23. The van der Waals surface area contributed by atoms with Crippen LogP contribution in [0.5, 0.6) is 11.5 Å². The normalized spacial score (nSPS) is 11.0. The predicted molar refractivity (Wildman–Crippen MR) is 243 cm³/mol. The lowest BCUT2D eigenvalue weighted by Crippen LogP contribution is -2.33. The molecule has 310 valence electrons. The average Bonchev–Trinajstić information content (AvgIpc) is 3.93. The highest BCUT2D eigenvalue weighted by molar-refractivity contribution is 6.00. The molecule has 4 aromatic heterocycles. The number of H-pyrrole nitrogens is 2. The molecule has 8 aromatic rings. The van der Waals surface area contributed by atoms with E-state index in [9.17, 15) is 9.59 Å². The van der Waals surface area contributed by atoms with E-state index in [0.29, 0.717) is 31.0 Å². The smallest absolute Gasteiger partial charge is 0.270 e. The summed E-state index contributed by atoms with van der Waals surface area (Å²) in [6.07, 6.45) is 8.02. The molecule has 0 bridgehead atoms. The van der Waals surface area contributed by atoms with E-state index in [2.05, 4.69) is 55.2 Å². The van der Waals surface area contributed by atoms with Gasteiger partial charge in [-0.3, -0.25) is 19.6 Å². The van der Waals surface area contributed by atoms with Gasteiger partial charge in [0.15, 0.2) is 0 Å². The molecule has 0 spiro atoms. The molecule has 2 amide bonds. The van der Waals surface area contributed by atoms with Crippen molar-refractivity contribution in [2.24, 2.45) is 0 Å². The minimum absolute atomic E-state index is 0.00163. The Kier molecular flexibility index (Phi) is 13.5. The van der Waals surface area contributed by atoms with Crippen molar-refractivity contribution >= 4 is 33.6 Å². The number of hydrogen-bond acceptors (Lipinski definition) is 7. The van der Waals surface area contributed by atoms with E-state index in [1.165, 1.54) is 0 Å². The van der Waals surface area contributed by atoms with Crippen LogP contribution in [0.4, 0.5) is 0 Å². The number of aromatic nitrogens is 4. The number of carbonyl (C=O) groups excluding carboxylic acids is 2. The molecular weight excluding hydrogens is 763 g/mol. The van der Waals surface area contributed by atoms with Gasteiger partial charge in [0.25, 0.3) is 11.8 Å². The van der Waals surface area contributed by atoms with E-state index in [0.717, 1.165) is 79.7 Å². The first-order valence-corrected chi connectivity index (χ1v) is 20.2. The Labute approximate surface area is 356 Å². The van der Waals surface area contributed by atoms with Gasteiger partial charge in [-0.25, -0.2) is 0 Å². The second-order valence-corrected chi connectivity index (χ2v) is 15.2. The van der Waals surface area contributed by atoms with Crippen molar-refractivity contribution in [2.75, 3.05) is 48.5 Å². The van der Waals surface area contributed by atoms with Crippen LogP contribution < -0.4 is 9.47 Å².